The molecule has 1 unspecified atom stereocenters. The van der Waals surface area contributed by atoms with Crippen molar-refractivity contribution in [3.8, 4) is 0 Å². The van der Waals surface area contributed by atoms with E-state index in [1.807, 2.05) is 25.1 Å². The van der Waals surface area contributed by atoms with E-state index >= 15 is 0 Å². The van der Waals surface area contributed by atoms with Crippen molar-refractivity contribution >= 4 is 17.3 Å². The highest BCUT2D eigenvalue weighted by Gasteiger charge is 2.04. The third kappa shape index (κ3) is 2.87. The summed E-state index contributed by atoms with van der Waals surface area (Å²) in [6.45, 7) is 2.63. The minimum Gasteiger partial charge on any atom is -0.390 e. The molecule has 14 heavy (non-hydrogen) atoms. The van der Waals surface area contributed by atoms with E-state index in [1.165, 1.54) is 0 Å². The molecule has 0 bridgehead atoms. The molecule has 1 aromatic rings. The van der Waals surface area contributed by atoms with Crippen molar-refractivity contribution in [1.29, 1.82) is 0 Å². The Morgan fingerprint density at radius 2 is 2.29 bits per heavy atom. The fraction of sp³-hybridized carbons (Fsp3) is 0.400. The monoisotopic (exact) mass is 214 g/mol. The zero-order valence-corrected chi connectivity index (χ0v) is 8.88. The molecule has 4 heteroatoms. The van der Waals surface area contributed by atoms with Gasteiger partial charge in [-0.1, -0.05) is 17.7 Å². The maximum Gasteiger partial charge on any atom is 0.0834 e. The van der Waals surface area contributed by atoms with E-state index in [4.69, 9.17) is 17.3 Å². The summed E-state index contributed by atoms with van der Waals surface area (Å²) in [5.74, 6) is 0. The summed E-state index contributed by atoms with van der Waals surface area (Å²) in [6.07, 6.45) is -0.520. The molecule has 1 rings (SSSR count). The van der Waals surface area contributed by atoms with Crippen molar-refractivity contribution in [1.82, 2.24) is 0 Å². The molecular weight excluding hydrogens is 200 g/mol. The largest absolute Gasteiger partial charge is 0.390 e. The van der Waals surface area contributed by atoms with Crippen LogP contribution in [-0.2, 0) is 0 Å². The van der Waals surface area contributed by atoms with Crippen LogP contribution in [0.15, 0.2) is 18.2 Å². The molecule has 0 aliphatic heterocycles. The van der Waals surface area contributed by atoms with Gasteiger partial charge in [0.1, 0.15) is 0 Å². The molecule has 0 spiro atoms. The van der Waals surface area contributed by atoms with Crippen molar-refractivity contribution in [2.75, 3.05) is 18.4 Å². The molecule has 1 aromatic carbocycles. The first-order valence-corrected chi connectivity index (χ1v) is 4.90. The SMILES string of the molecule is Cc1c(Cl)cccc1NCC(O)CN. The van der Waals surface area contributed by atoms with Gasteiger partial charge in [0, 0.05) is 23.8 Å². The number of halogens is 1. The first-order valence-electron chi connectivity index (χ1n) is 4.52. The molecule has 0 aromatic heterocycles. The first-order chi connectivity index (χ1) is 6.65. The molecule has 0 saturated carbocycles. The van der Waals surface area contributed by atoms with E-state index in [0.29, 0.717) is 6.54 Å². The first kappa shape index (κ1) is 11.3. The van der Waals surface area contributed by atoms with Crippen LogP contribution in [-0.4, -0.2) is 24.3 Å². The molecule has 0 saturated heterocycles. The average Bonchev–Trinajstić information content (AvgIpc) is 2.20. The number of hydrogen-bond donors (Lipinski definition) is 3. The van der Waals surface area contributed by atoms with Crippen molar-refractivity contribution in [2.24, 2.45) is 5.73 Å². The molecule has 0 heterocycles. The lowest BCUT2D eigenvalue weighted by atomic mass is 10.2. The van der Waals surface area contributed by atoms with Gasteiger partial charge in [-0.2, -0.15) is 0 Å². The number of anilines is 1. The molecule has 4 N–H and O–H groups in total. The van der Waals surface area contributed by atoms with Crippen LogP contribution < -0.4 is 11.1 Å². The van der Waals surface area contributed by atoms with Crippen molar-refractivity contribution in [2.45, 2.75) is 13.0 Å². The minimum absolute atomic E-state index is 0.257. The van der Waals surface area contributed by atoms with Gasteiger partial charge >= 0.3 is 0 Å². The smallest absolute Gasteiger partial charge is 0.0834 e. The van der Waals surface area contributed by atoms with Gasteiger partial charge in [0.25, 0.3) is 0 Å². The lowest BCUT2D eigenvalue weighted by molar-refractivity contribution is 0.196. The molecule has 78 valence electrons. The predicted octanol–water partition coefficient (Wildman–Crippen LogP) is 1.38. The summed E-state index contributed by atoms with van der Waals surface area (Å²) < 4.78 is 0. The normalized spacial score (nSPS) is 12.6. The topological polar surface area (TPSA) is 58.3 Å². The Morgan fingerprint density at radius 3 is 2.93 bits per heavy atom. The van der Waals surface area contributed by atoms with Gasteiger partial charge in [-0.15, -0.1) is 0 Å². The molecule has 0 amide bonds. The van der Waals surface area contributed by atoms with Crippen LogP contribution in [0.5, 0.6) is 0 Å². The lowest BCUT2D eigenvalue weighted by Gasteiger charge is -2.13. The van der Waals surface area contributed by atoms with Gasteiger partial charge in [-0.25, -0.2) is 0 Å². The van der Waals surface area contributed by atoms with Crippen LogP contribution in [0.1, 0.15) is 5.56 Å². The average molecular weight is 215 g/mol. The lowest BCUT2D eigenvalue weighted by Crippen LogP contribution is -2.27. The number of rotatable bonds is 4. The third-order valence-corrected chi connectivity index (χ3v) is 2.48. The molecular formula is C10H15ClN2O. The molecule has 0 fully saturated rings. The fourth-order valence-electron chi connectivity index (χ4n) is 1.11. The van der Waals surface area contributed by atoms with Crippen LogP contribution >= 0.6 is 11.6 Å². The van der Waals surface area contributed by atoms with Crippen LogP contribution in [0, 0.1) is 6.92 Å². The van der Waals surface area contributed by atoms with E-state index in [-0.39, 0.29) is 6.54 Å². The number of nitrogens with two attached hydrogens (primary N) is 1. The van der Waals surface area contributed by atoms with Crippen LogP contribution in [0.3, 0.4) is 0 Å². The Bertz CT molecular complexity index is 304. The summed E-state index contributed by atoms with van der Waals surface area (Å²) in [5, 5.41) is 13.1. The highest BCUT2D eigenvalue weighted by atomic mass is 35.5. The standard InChI is InChI=1S/C10H15ClN2O/c1-7-9(11)3-2-4-10(7)13-6-8(14)5-12/h2-4,8,13-14H,5-6,12H2,1H3. The van der Waals surface area contributed by atoms with E-state index in [1.54, 1.807) is 0 Å². The number of hydrogen-bond acceptors (Lipinski definition) is 3. The van der Waals surface area contributed by atoms with Crippen molar-refractivity contribution in [3.05, 3.63) is 28.8 Å². The Kier molecular flexibility index (Phi) is 4.20. The number of aliphatic hydroxyl groups is 1. The van der Waals surface area contributed by atoms with Crippen molar-refractivity contribution in [3.63, 3.8) is 0 Å². The van der Waals surface area contributed by atoms with E-state index < -0.39 is 6.10 Å². The van der Waals surface area contributed by atoms with Crippen LogP contribution in [0.25, 0.3) is 0 Å². The molecule has 3 nitrogen and oxygen atoms in total. The summed E-state index contributed by atoms with van der Waals surface area (Å²) in [7, 11) is 0. The minimum atomic E-state index is -0.520. The fourth-order valence-corrected chi connectivity index (χ4v) is 1.28. The van der Waals surface area contributed by atoms with E-state index in [0.717, 1.165) is 16.3 Å². The second-order valence-corrected chi connectivity index (χ2v) is 3.59. The van der Waals surface area contributed by atoms with Crippen LogP contribution in [0.4, 0.5) is 5.69 Å². The number of aliphatic hydroxyl groups excluding tert-OH is 1. The number of benzene rings is 1. The van der Waals surface area contributed by atoms with Gasteiger partial charge in [0.05, 0.1) is 6.10 Å². The summed E-state index contributed by atoms with van der Waals surface area (Å²) in [4.78, 5) is 0. The Hall–Kier alpha value is -0.770. The van der Waals surface area contributed by atoms with Gasteiger partial charge < -0.3 is 16.2 Å². The zero-order valence-electron chi connectivity index (χ0n) is 8.13. The summed E-state index contributed by atoms with van der Waals surface area (Å²) in [6, 6.07) is 5.62. The van der Waals surface area contributed by atoms with Crippen LogP contribution in [0.2, 0.25) is 5.02 Å². The van der Waals surface area contributed by atoms with Gasteiger partial charge in [-0.05, 0) is 24.6 Å². The Morgan fingerprint density at radius 1 is 1.57 bits per heavy atom. The second-order valence-electron chi connectivity index (χ2n) is 3.18. The highest BCUT2D eigenvalue weighted by Crippen LogP contribution is 2.22. The van der Waals surface area contributed by atoms with Gasteiger partial charge in [0.15, 0.2) is 0 Å². The van der Waals surface area contributed by atoms with Gasteiger partial charge in [0.2, 0.25) is 0 Å². The summed E-state index contributed by atoms with van der Waals surface area (Å²) in [5.41, 5.74) is 7.21. The predicted molar refractivity (Wildman–Crippen MR) is 59.7 cm³/mol. The van der Waals surface area contributed by atoms with E-state index in [2.05, 4.69) is 5.32 Å². The zero-order chi connectivity index (χ0) is 10.6. The Balaban J connectivity index is 2.63. The molecule has 0 radical (unpaired) electrons. The molecule has 0 aliphatic rings. The van der Waals surface area contributed by atoms with E-state index in [9.17, 15) is 5.11 Å². The third-order valence-electron chi connectivity index (χ3n) is 2.07. The number of nitrogens with one attached hydrogen (secondary N) is 1. The van der Waals surface area contributed by atoms with Gasteiger partial charge in [-0.3, -0.25) is 0 Å². The maximum atomic E-state index is 9.26. The molecule has 1 atom stereocenters. The quantitative estimate of drug-likeness (QED) is 0.710. The molecule has 0 aliphatic carbocycles. The summed E-state index contributed by atoms with van der Waals surface area (Å²) >= 11 is 5.94. The second kappa shape index (κ2) is 5.20. The highest BCUT2D eigenvalue weighted by molar-refractivity contribution is 6.31. The maximum absolute atomic E-state index is 9.26. The Labute approximate surface area is 88.9 Å². The van der Waals surface area contributed by atoms with Crippen molar-refractivity contribution < 1.29 is 5.11 Å².